The Kier molecular flexibility index (Phi) is 6.64. The van der Waals surface area contributed by atoms with E-state index >= 15 is 0 Å². The monoisotopic (exact) mass is 480 g/mol. The van der Waals surface area contributed by atoms with E-state index in [-0.39, 0.29) is 18.8 Å². The minimum atomic E-state index is -1.00. The van der Waals surface area contributed by atoms with Crippen LogP contribution in [-0.2, 0) is 4.74 Å². The fourth-order valence-corrected chi connectivity index (χ4v) is 4.43. The van der Waals surface area contributed by atoms with Gasteiger partial charge in [0.05, 0.1) is 35.8 Å². The lowest BCUT2D eigenvalue weighted by Gasteiger charge is -2.29. The number of halogens is 1. The number of nitrogens with zero attached hydrogens (tertiary/aromatic N) is 2. The second kappa shape index (κ2) is 9.99. The van der Waals surface area contributed by atoms with Crippen molar-refractivity contribution in [1.82, 2.24) is 15.0 Å². The zero-order valence-electron chi connectivity index (χ0n) is 18.3. The number of fused-ring (bicyclic) bond motifs is 1. The van der Waals surface area contributed by atoms with Crippen LogP contribution in [-0.4, -0.2) is 50.5 Å². The van der Waals surface area contributed by atoms with E-state index in [0.29, 0.717) is 51.1 Å². The molecule has 0 saturated carbocycles. The van der Waals surface area contributed by atoms with Crippen molar-refractivity contribution in [2.75, 3.05) is 18.5 Å². The first-order valence-electron chi connectivity index (χ1n) is 11.1. The Bertz CT molecular complexity index is 1260. The molecular weight excluding hydrogens is 456 g/mol. The van der Waals surface area contributed by atoms with E-state index in [0.717, 1.165) is 12.8 Å². The third kappa shape index (κ3) is 4.71. The number of nitrogens with one attached hydrogen (secondary N) is 2. The summed E-state index contributed by atoms with van der Waals surface area (Å²) in [4.78, 5) is 11.8. The minimum absolute atomic E-state index is 0.0224. The molecule has 1 saturated heterocycles. The summed E-state index contributed by atoms with van der Waals surface area (Å²) in [6.07, 6.45) is 3.68. The van der Waals surface area contributed by atoms with Crippen molar-refractivity contribution in [1.29, 1.82) is 0 Å². The first kappa shape index (κ1) is 22.6. The number of hydrogen-bond acceptors (Lipinski definition) is 7. The van der Waals surface area contributed by atoms with Gasteiger partial charge in [-0.25, -0.2) is 9.97 Å². The maximum absolute atomic E-state index is 11.3. The number of aliphatic hydroxyl groups excluding tert-OH is 2. The third-order valence-electron chi connectivity index (χ3n) is 5.96. The Labute approximate surface area is 201 Å². The Balaban J connectivity index is 1.39. The zero-order chi connectivity index (χ0) is 23.5. The normalized spacial score (nSPS) is 19.1. The predicted molar refractivity (Wildman–Crippen MR) is 129 cm³/mol. The maximum Gasteiger partial charge on any atom is 0.143 e. The van der Waals surface area contributed by atoms with Crippen molar-refractivity contribution in [2.45, 2.75) is 31.1 Å². The number of aromatic amines is 1. The highest BCUT2D eigenvalue weighted by Crippen LogP contribution is 2.37. The van der Waals surface area contributed by atoms with Gasteiger partial charge in [-0.05, 0) is 37.1 Å². The Morgan fingerprint density at radius 2 is 1.97 bits per heavy atom. The van der Waals surface area contributed by atoms with Crippen molar-refractivity contribution < 1.29 is 19.7 Å². The molecule has 4 N–H and O–H groups in total. The standard InChI is InChI=1S/C25H25ClN4O4/c26-21-10-17(34-16-4-2-1-3-5-16)8-9-19(21)23(32)20-11-27-24-22(20)25(29-14-28-24)30-15-6-7-18(12-31)33-13-15/h1-5,8-11,14-15,18,23,31-32H,6-7,12-13H2,(H2,27,28,29,30)/t15?,18-,23?/m0/s1. The number of benzene rings is 2. The fraction of sp³-hybridized carbons (Fsp3) is 0.280. The third-order valence-corrected chi connectivity index (χ3v) is 6.28. The van der Waals surface area contributed by atoms with Gasteiger partial charge in [0.15, 0.2) is 0 Å². The van der Waals surface area contributed by atoms with Gasteiger partial charge >= 0.3 is 0 Å². The van der Waals surface area contributed by atoms with Crippen molar-refractivity contribution in [3.8, 4) is 11.5 Å². The Morgan fingerprint density at radius 1 is 1.12 bits per heavy atom. The van der Waals surface area contributed by atoms with E-state index in [1.807, 2.05) is 30.3 Å². The zero-order valence-corrected chi connectivity index (χ0v) is 19.1. The lowest BCUT2D eigenvalue weighted by atomic mass is 10.0. The summed E-state index contributed by atoms with van der Waals surface area (Å²) in [5.74, 6) is 1.89. The van der Waals surface area contributed by atoms with Gasteiger partial charge in [0, 0.05) is 17.3 Å². The molecule has 9 heteroatoms. The molecule has 176 valence electrons. The number of ether oxygens (including phenoxy) is 2. The van der Waals surface area contributed by atoms with Gasteiger partial charge in [-0.3, -0.25) is 0 Å². The molecule has 4 aromatic rings. The maximum atomic E-state index is 11.3. The van der Waals surface area contributed by atoms with Crippen molar-refractivity contribution in [3.63, 3.8) is 0 Å². The quantitative estimate of drug-likeness (QED) is 0.309. The second-order valence-corrected chi connectivity index (χ2v) is 8.65. The van der Waals surface area contributed by atoms with Crippen LogP contribution in [0.1, 0.15) is 30.1 Å². The highest BCUT2D eigenvalue weighted by Gasteiger charge is 2.25. The van der Waals surface area contributed by atoms with Crippen molar-refractivity contribution >= 4 is 28.5 Å². The van der Waals surface area contributed by atoms with Crippen LogP contribution in [0.4, 0.5) is 5.82 Å². The number of aliphatic hydroxyl groups is 2. The highest BCUT2D eigenvalue weighted by atomic mass is 35.5. The predicted octanol–water partition coefficient (Wildman–Crippen LogP) is 4.44. The first-order valence-corrected chi connectivity index (χ1v) is 11.5. The molecule has 0 spiro atoms. The molecule has 1 aliphatic heterocycles. The average molecular weight is 481 g/mol. The molecule has 3 atom stereocenters. The smallest absolute Gasteiger partial charge is 0.143 e. The van der Waals surface area contributed by atoms with Crippen LogP contribution in [0, 0.1) is 0 Å². The summed E-state index contributed by atoms with van der Waals surface area (Å²) >= 11 is 6.55. The first-order chi connectivity index (χ1) is 16.6. The molecule has 0 bridgehead atoms. The van der Waals surface area contributed by atoms with E-state index < -0.39 is 6.10 Å². The van der Waals surface area contributed by atoms with Crippen LogP contribution in [0.2, 0.25) is 5.02 Å². The van der Waals surface area contributed by atoms with Crippen LogP contribution in [0.5, 0.6) is 11.5 Å². The van der Waals surface area contributed by atoms with Gasteiger partial charge in [-0.1, -0.05) is 35.9 Å². The van der Waals surface area contributed by atoms with Crippen LogP contribution in [0.25, 0.3) is 11.0 Å². The molecule has 8 nitrogen and oxygen atoms in total. The number of H-pyrrole nitrogens is 1. The molecule has 2 aromatic carbocycles. The van der Waals surface area contributed by atoms with Crippen LogP contribution >= 0.6 is 11.6 Å². The van der Waals surface area contributed by atoms with Crippen LogP contribution in [0.15, 0.2) is 61.1 Å². The molecule has 3 heterocycles. The SMILES string of the molecule is OC[C@@H]1CCC(Nc2ncnc3[nH]cc(C(O)c4ccc(Oc5ccccc5)cc4Cl)c23)CO1. The molecular formula is C25H25ClN4O4. The number of aromatic nitrogens is 3. The summed E-state index contributed by atoms with van der Waals surface area (Å²) < 4.78 is 11.5. The highest BCUT2D eigenvalue weighted by molar-refractivity contribution is 6.31. The largest absolute Gasteiger partial charge is 0.457 e. The van der Waals surface area contributed by atoms with E-state index in [9.17, 15) is 10.2 Å². The van der Waals surface area contributed by atoms with E-state index in [4.69, 9.17) is 21.1 Å². The van der Waals surface area contributed by atoms with Gasteiger partial charge in [-0.15, -0.1) is 0 Å². The van der Waals surface area contributed by atoms with E-state index in [2.05, 4.69) is 20.3 Å². The fourth-order valence-electron chi connectivity index (χ4n) is 4.15. The Morgan fingerprint density at radius 3 is 2.71 bits per heavy atom. The molecule has 1 fully saturated rings. The molecule has 0 radical (unpaired) electrons. The summed E-state index contributed by atoms with van der Waals surface area (Å²) in [5, 5.41) is 25.0. The topological polar surface area (TPSA) is 113 Å². The lowest BCUT2D eigenvalue weighted by molar-refractivity contribution is -0.0224. The van der Waals surface area contributed by atoms with Crippen molar-refractivity contribution in [3.05, 3.63) is 77.2 Å². The number of rotatable bonds is 7. The number of hydrogen-bond donors (Lipinski definition) is 4. The summed E-state index contributed by atoms with van der Waals surface area (Å²) in [6, 6.07) is 14.7. The van der Waals surface area contributed by atoms with Gasteiger partial charge in [0.1, 0.15) is 35.4 Å². The molecule has 34 heavy (non-hydrogen) atoms. The lowest BCUT2D eigenvalue weighted by Crippen LogP contribution is -2.36. The number of anilines is 1. The van der Waals surface area contributed by atoms with Crippen molar-refractivity contribution in [2.24, 2.45) is 0 Å². The number of para-hydroxylation sites is 1. The molecule has 1 aliphatic rings. The van der Waals surface area contributed by atoms with Crippen LogP contribution in [0.3, 0.4) is 0 Å². The van der Waals surface area contributed by atoms with Gasteiger partial charge < -0.3 is 30.0 Å². The van der Waals surface area contributed by atoms with Crippen LogP contribution < -0.4 is 10.1 Å². The second-order valence-electron chi connectivity index (χ2n) is 8.25. The van der Waals surface area contributed by atoms with Gasteiger partial charge in [0.2, 0.25) is 0 Å². The summed E-state index contributed by atoms with van der Waals surface area (Å²) in [5.41, 5.74) is 1.77. The molecule has 5 rings (SSSR count). The summed E-state index contributed by atoms with van der Waals surface area (Å²) in [6.45, 7) is 0.488. The van der Waals surface area contributed by atoms with Gasteiger partial charge in [-0.2, -0.15) is 0 Å². The molecule has 2 aromatic heterocycles. The minimum Gasteiger partial charge on any atom is -0.457 e. The molecule has 0 aliphatic carbocycles. The Hall–Kier alpha value is -3.17. The molecule has 2 unspecified atom stereocenters. The average Bonchev–Trinajstić information content (AvgIpc) is 3.30. The van der Waals surface area contributed by atoms with E-state index in [1.54, 1.807) is 24.4 Å². The van der Waals surface area contributed by atoms with E-state index in [1.165, 1.54) is 6.33 Å². The summed E-state index contributed by atoms with van der Waals surface area (Å²) in [7, 11) is 0. The molecule has 0 amide bonds. The van der Waals surface area contributed by atoms with Gasteiger partial charge in [0.25, 0.3) is 0 Å².